The fraction of sp³-hybridized carbons (Fsp3) is 0.375. The zero-order chi connectivity index (χ0) is 22.9. The molecule has 1 N–H and O–H groups in total. The molecule has 1 fully saturated rings. The molecule has 1 atom stereocenters. The van der Waals surface area contributed by atoms with Gasteiger partial charge in [-0.3, -0.25) is 4.79 Å². The van der Waals surface area contributed by atoms with Crippen LogP contribution in [0.5, 0.6) is 0 Å². The van der Waals surface area contributed by atoms with Crippen LogP contribution in [0.25, 0.3) is 11.0 Å². The first-order valence-electron chi connectivity index (χ1n) is 10.7. The lowest BCUT2D eigenvalue weighted by Crippen LogP contribution is -2.42. The molecule has 2 aromatic carbocycles. The van der Waals surface area contributed by atoms with Crippen LogP contribution >= 0.6 is 0 Å². The Bertz CT molecular complexity index is 1110. The topological polar surface area (TPSA) is 58.1 Å². The standard InChI is InChI=1S/C24H25F3N4O/c1-15(2)16-9-11-18(12-10-16)28-23(32)17-6-5-13-31(14-17)22-21(24(25,26)27)29-19-7-3-4-8-20(19)30-22/h3-4,7-12,15,17H,5-6,13-14H2,1-2H3,(H,28,32). The molecule has 1 saturated heterocycles. The van der Waals surface area contributed by atoms with E-state index in [1.54, 1.807) is 18.2 Å². The summed E-state index contributed by atoms with van der Waals surface area (Å²) in [6, 6.07) is 14.1. The van der Waals surface area contributed by atoms with E-state index in [-0.39, 0.29) is 23.8 Å². The van der Waals surface area contributed by atoms with Crippen molar-refractivity contribution in [2.45, 2.75) is 38.8 Å². The van der Waals surface area contributed by atoms with Gasteiger partial charge in [0, 0.05) is 18.8 Å². The van der Waals surface area contributed by atoms with Crippen molar-refractivity contribution in [1.29, 1.82) is 0 Å². The van der Waals surface area contributed by atoms with Crippen molar-refractivity contribution in [2.24, 2.45) is 5.92 Å². The number of hydrogen-bond donors (Lipinski definition) is 1. The van der Waals surface area contributed by atoms with Crippen molar-refractivity contribution >= 4 is 28.4 Å². The first-order valence-corrected chi connectivity index (χ1v) is 10.7. The molecule has 32 heavy (non-hydrogen) atoms. The highest BCUT2D eigenvalue weighted by atomic mass is 19.4. The highest BCUT2D eigenvalue weighted by Crippen LogP contribution is 2.36. The van der Waals surface area contributed by atoms with Gasteiger partial charge in [0.2, 0.25) is 5.91 Å². The predicted molar refractivity (Wildman–Crippen MR) is 119 cm³/mol. The molecule has 4 rings (SSSR count). The summed E-state index contributed by atoms with van der Waals surface area (Å²) >= 11 is 0. The summed E-state index contributed by atoms with van der Waals surface area (Å²) in [5.74, 6) is -0.468. The lowest BCUT2D eigenvalue weighted by molar-refractivity contribution is -0.140. The second-order valence-electron chi connectivity index (χ2n) is 8.43. The Morgan fingerprint density at radius 2 is 1.72 bits per heavy atom. The summed E-state index contributed by atoms with van der Waals surface area (Å²) in [6.45, 7) is 4.74. The van der Waals surface area contributed by atoms with Crippen LogP contribution in [0.1, 0.15) is 43.9 Å². The Hall–Kier alpha value is -3.16. The third-order valence-corrected chi connectivity index (χ3v) is 5.76. The minimum absolute atomic E-state index is 0.159. The largest absolute Gasteiger partial charge is 0.437 e. The van der Waals surface area contributed by atoms with E-state index in [1.807, 2.05) is 24.3 Å². The van der Waals surface area contributed by atoms with Gasteiger partial charge in [0.05, 0.1) is 17.0 Å². The molecule has 0 bridgehead atoms. The first kappa shape index (κ1) is 22.0. The lowest BCUT2D eigenvalue weighted by atomic mass is 9.96. The zero-order valence-electron chi connectivity index (χ0n) is 18.0. The third kappa shape index (κ3) is 4.69. The van der Waals surface area contributed by atoms with Gasteiger partial charge in [0.25, 0.3) is 0 Å². The summed E-state index contributed by atoms with van der Waals surface area (Å²) in [5.41, 5.74) is 1.42. The number of piperidine rings is 1. The fourth-order valence-electron chi connectivity index (χ4n) is 3.98. The van der Waals surface area contributed by atoms with E-state index >= 15 is 0 Å². The number of hydrogen-bond acceptors (Lipinski definition) is 4. The molecule has 2 heterocycles. The van der Waals surface area contributed by atoms with Crippen LogP contribution in [0.3, 0.4) is 0 Å². The average molecular weight is 442 g/mol. The van der Waals surface area contributed by atoms with Gasteiger partial charge < -0.3 is 10.2 Å². The molecular weight excluding hydrogens is 417 g/mol. The van der Waals surface area contributed by atoms with E-state index in [0.717, 1.165) is 0 Å². The Morgan fingerprint density at radius 1 is 1.06 bits per heavy atom. The monoisotopic (exact) mass is 442 g/mol. The van der Waals surface area contributed by atoms with Crippen LogP contribution in [0, 0.1) is 5.92 Å². The molecule has 1 aliphatic heterocycles. The van der Waals surface area contributed by atoms with Gasteiger partial charge in [-0.1, -0.05) is 38.1 Å². The molecular formula is C24H25F3N4O. The normalized spacial score (nSPS) is 17.1. The molecule has 0 radical (unpaired) electrons. The number of aromatic nitrogens is 2. The maximum Gasteiger partial charge on any atom is 0.437 e. The van der Waals surface area contributed by atoms with Gasteiger partial charge in [-0.15, -0.1) is 0 Å². The van der Waals surface area contributed by atoms with E-state index < -0.39 is 17.8 Å². The summed E-state index contributed by atoms with van der Waals surface area (Å²) in [4.78, 5) is 22.5. The molecule has 1 amide bonds. The van der Waals surface area contributed by atoms with Crippen molar-refractivity contribution in [3.05, 3.63) is 59.8 Å². The number of alkyl halides is 3. The molecule has 0 aliphatic carbocycles. The molecule has 1 aliphatic rings. The molecule has 1 unspecified atom stereocenters. The number of halogens is 3. The number of nitrogens with one attached hydrogen (secondary N) is 1. The third-order valence-electron chi connectivity index (χ3n) is 5.76. The predicted octanol–water partition coefficient (Wildman–Crippen LogP) is 5.63. The number of anilines is 2. The highest BCUT2D eigenvalue weighted by Gasteiger charge is 2.40. The minimum Gasteiger partial charge on any atom is -0.354 e. The Balaban J connectivity index is 1.56. The highest BCUT2D eigenvalue weighted by molar-refractivity contribution is 5.93. The number of carbonyl (C=O) groups excluding carboxylic acids is 1. The van der Waals surface area contributed by atoms with Gasteiger partial charge in [-0.05, 0) is 48.6 Å². The number of fused-ring (bicyclic) bond motifs is 1. The average Bonchev–Trinajstić information content (AvgIpc) is 2.78. The summed E-state index contributed by atoms with van der Waals surface area (Å²) < 4.78 is 41.3. The van der Waals surface area contributed by atoms with Crippen LogP contribution in [0.4, 0.5) is 24.7 Å². The van der Waals surface area contributed by atoms with E-state index in [1.165, 1.54) is 16.5 Å². The second-order valence-corrected chi connectivity index (χ2v) is 8.43. The fourth-order valence-corrected chi connectivity index (χ4v) is 3.98. The van der Waals surface area contributed by atoms with Crippen LogP contribution in [-0.2, 0) is 11.0 Å². The number of nitrogens with zero attached hydrogens (tertiary/aromatic N) is 3. The van der Waals surface area contributed by atoms with Crippen LogP contribution < -0.4 is 10.2 Å². The Labute approximate surface area is 184 Å². The van der Waals surface area contributed by atoms with Crippen molar-refractivity contribution in [2.75, 3.05) is 23.3 Å². The van der Waals surface area contributed by atoms with Gasteiger partial charge in [0.15, 0.2) is 11.5 Å². The van der Waals surface area contributed by atoms with Crippen LogP contribution in [0.2, 0.25) is 0 Å². The van der Waals surface area contributed by atoms with E-state index in [2.05, 4.69) is 29.1 Å². The van der Waals surface area contributed by atoms with Crippen LogP contribution in [-0.4, -0.2) is 29.0 Å². The first-order chi connectivity index (χ1) is 15.2. The van der Waals surface area contributed by atoms with Gasteiger partial charge in [0.1, 0.15) is 0 Å². The molecule has 3 aromatic rings. The Morgan fingerprint density at radius 3 is 2.34 bits per heavy atom. The van der Waals surface area contributed by atoms with Gasteiger partial charge >= 0.3 is 6.18 Å². The minimum atomic E-state index is -4.64. The second kappa shape index (κ2) is 8.76. The maximum absolute atomic E-state index is 13.8. The Kier molecular flexibility index (Phi) is 6.04. The summed E-state index contributed by atoms with van der Waals surface area (Å²) in [7, 11) is 0. The van der Waals surface area contributed by atoms with Crippen molar-refractivity contribution in [3.8, 4) is 0 Å². The molecule has 1 aromatic heterocycles. The zero-order valence-corrected chi connectivity index (χ0v) is 18.0. The molecule has 5 nitrogen and oxygen atoms in total. The van der Waals surface area contributed by atoms with Gasteiger partial charge in [-0.25, -0.2) is 9.97 Å². The molecule has 0 saturated carbocycles. The van der Waals surface area contributed by atoms with Crippen molar-refractivity contribution in [3.63, 3.8) is 0 Å². The summed E-state index contributed by atoms with van der Waals surface area (Å²) in [6.07, 6.45) is -3.44. The quantitative estimate of drug-likeness (QED) is 0.569. The van der Waals surface area contributed by atoms with Gasteiger partial charge in [-0.2, -0.15) is 13.2 Å². The summed E-state index contributed by atoms with van der Waals surface area (Å²) in [5, 5.41) is 2.90. The lowest BCUT2D eigenvalue weighted by Gasteiger charge is -2.34. The van der Waals surface area contributed by atoms with E-state index in [4.69, 9.17) is 0 Å². The van der Waals surface area contributed by atoms with E-state index in [0.29, 0.717) is 36.5 Å². The molecule has 8 heteroatoms. The van der Waals surface area contributed by atoms with E-state index in [9.17, 15) is 18.0 Å². The molecule has 0 spiro atoms. The maximum atomic E-state index is 13.8. The number of benzene rings is 2. The number of rotatable bonds is 4. The number of para-hydroxylation sites is 2. The number of carbonyl (C=O) groups is 1. The van der Waals surface area contributed by atoms with Crippen molar-refractivity contribution in [1.82, 2.24) is 9.97 Å². The van der Waals surface area contributed by atoms with Crippen molar-refractivity contribution < 1.29 is 18.0 Å². The smallest absolute Gasteiger partial charge is 0.354 e. The SMILES string of the molecule is CC(C)c1ccc(NC(=O)C2CCCN(c3nc4ccccc4nc3C(F)(F)F)C2)cc1. The molecule has 168 valence electrons. The number of amides is 1. The van der Waals surface area contributed by atoms with Crippen LogP contribution in [0.15, 0.2) is 48.5 Å².